The Hall–Kier alpha value is -2.87. The van der Waals surface area contributed by atoms with Gasteiger partial charge in [-0.1, -0.05) is 10.4 Å². The summed E-state index contributed by atoms with van der Waals surface area (Å²) in [5.41, 5.74) is 1.59. The second-order valence-electron chi connectivity index (χ2n) is 15.2. The highest BCUT2D eigenvalue weighted by molar-refractivity contribution is 7.91. The molecule has 2 saturated heterocycles. The molecule has 0 saturated carbocycles. The summed E-state index contributed by atoms with van der Waals surface area (Å²) in [6.07, 6.45) is 0.775. The summed E-state index contributed by atoms with van der Waals surface area (Å²) in [5.74, 6) is -0.466. The Morgan fingerprint density at radius 2 is 1.02 bits per heavy atom. The van der Waals surface area contributed by atoms with Crippen molar-refractivity contribution in [3.63, 3.8) is 0 Å². The summed E-state index contributed by atoms with van der Waals surface area (Å²) >= 11 is 0. The third kappa shape index (κ3) is 23.6. The molecule has 0 radical (unpaired) electrons. The van der Waals surface area contributed by atoms with Crippen molar-refractivity contribution in [2.45, 2.75) is 44.7 Å². The maximum absolute atomic E-state index is 12.1. The summed E-state index contributed by atoms with van der Waals surface area (Å²) in [7, 11) is -2.97. The van der Waals surface area contributed by atoms with Crippen LogP contribution in [0.1, 0.15) is 11.4 Å². The van der Waals surface area contributed by atoms with Crippen molar-refractivity contribution in [3.05, 3.63) is 23.8 Å². The topological polar surface area (TPSA) is 281 Å². The highest BCUT2D eigenvalue weighted by Gasteiger charge is 2.32. The van der Waals surface area contributed by atoms with Crippen LogP contribution >= 0.6 is 0 Å². The molecule has 0 aliphatic carbocycles. The van der Waals surface area contributed by atoms with E-state index in [4.69, 9.17) is 42.6 Å². The molecule has 25 nitrogen and oxygen atoms in total. The first-order chi connectivity index (χ1) is 31.4. The van der Waals surface area contributed by atoms with Crippen molar-refractivity contribution >= 4 is 25.6 Å². The molecule has 4 heterocycles. The zero-order valence-electron chi connectivity index (χ0n) is 37.7. The van der Waals surface area contributed by atoms with Crippen molar-refractivity contribution in [2.75, 3.05) is 169 Å². The first kappa shape index (κ1) is 54.7. The van der Waals surface area contributed by atoms with E-state index in [1.807, 2.05) is 12.4 Å². The molecule has 3 unspecified atom stereocenters. The zero-order valence-corrected chi connectivity index (χ0v) is 39.4. The van der Waals surface area contributed by atoms with E-state index < -0.39 is 44.1 Å². The average molecular weight is 971 g/mol. The van der Waals surface area contributed by atoms with Gasteiger partial charge in [0.15, 0.2) is 32.1 Å². The average Bonchev–Trinajstić information content (AvgIpc) is 3.94. The molecule has 2 aliphatic heterocycles. The summed E-state index contributed by atoms with van der Waals surface area (Å²) in [5, 5.41) is 32.7. The summed E-state index contributed by atoms with van der Waals surface area (Å²) in [4.78, 5) is 16.2. The number of hydrogen-bond donors (Lipinski definition) is 3. The lowest BCUT2D eigenvalue weighted by molar-refractivity contribution is -0.199. The number of nitrogens with zero attached hydrogens (tertiary/aromatic N) is 8. The molecule has 0 bridgehead atoms. The van der Waals surface area contributed by atoms with Gasteiger partial charge in [0, 0.05) is 92.1 Å². The van der Waals surface area contributed by atoms with Gasteiger partial charge in [-0.05, 0) is 0 Å². The quantitative estimate of drug-likeness (QED) is 0.0441. The van der Waals surface area contributed by atoms with E-state index in [1.165, 1.54) is 14.2 Å². The lowest BCUT2D eigenvalue weighted by atomic mass is 10.2. The first-order valence-corrected chi connectivity index (χ1v) is 25.5. The third-order valence-electron chi connectivity index (χ3n) is 10.2. The number of hydrogen-bond acceptors (Lipinski definition) is 22. The fraction of sp³-hybridized carbons (Fsp3) is 0.868. The van der Waals surface area contributed by atoms with Crippen LogP contribution in [0.3, 0.4) is 0 Å². The molecular formula is C38H70N10O15S2. The van der Waals surface area contributed by atoms with E-state index >= 15 is 0 Å². The molecule has 0 amide bonds. The van der Waals surface area contributed by atoms with Gasteiger partial charge < -0.3 is 58.4 Å². The molecule has 65 heavy (non-hydrogen) atoms. The largest absolute Gasteiger partial charge is 0.479 e. The van der Waals surface area contributed by atoms with Gasteiger partial charge in [-0.15, -0.1) is 10.2 Å². The van der Waals surface area contributed by atoms with E-state index in [-0.39, 0.29) is 36.1 Å². The molecule has 3 atom stereocenters. The van der Waals surface area contributed by atoms with Gasteiger partial charge in [0.25, 0.3) is 0 Å². The van der Waals surface area contributed by atoms with Gasteiger partial charge in [0.05, 0.1) is 127 Å². The summed E-state index contributed by atoms with van der Waals surface area (Å²) in [6.45, 7) is 10.5. The number of nitrogens with one attached hydrogen (secondary N) is 2. The van der Waals surface area contributed by atoms with Crippen molar-refractivity contribution in [2.24, 2.45) is 0 Å². The van der Waals surface area contributed by atoms with E-state index in [2.05, 4.69) is 41.1 Å². The van der Waals surface area contributed by atoms with Crippen molar-refractivity contribution in [1.82, 2.24) is 50.4 Å². The van der Waals surface area contributed by atoms with Crippen molar-refractivity contribution < 1.29 is 69.4 Å². The van der Waals surface area contributed by atoms with Crippen LogP contribution < -0.4 is 10.6 Å². The lowest BCUT2D eigenvalue weighted by Crippen LogP contribution is -2.48. The fourth-order valence-electron chi connectivity index (χ4n) is 6.44. The summed E-state index contributed by atoms with van der Waals surface area (Å²) < 4.78 is 100.0. The van der Waals surface area contributed by atoms with E-state index in [1.54, 1.807) is 9.36 Å². The number of sulfone groups is 2. The monoisotopic (exact) mass is 970 g/mol. The Morgan fingerprint density at radius 3 is 1.42 bits per heavy atom. The second kappa shape index (κ2) is 31.2. The highest BCUT2D eigenvalue weighted by Crippen LogP contribution is 2.10. The maximum atomic E-state index is 12.1. The van der Waals surface area contributed by atoms with Crippen LogP contribution in [0.5, 0.6) is 0 Å². The van der Waals surface area contributed by atoms with Gasteiger partial charge in [-0.2, -0.15) is 0 Å². The second-order valence-corrected chi connectivity index (χ2v) is 19.8. The molecule has 4 rings (SSSR count). The van der Waals surface area contributed by atoms with Crippen LogP contribution in [-0.2, 0) is 93.3 Å². The molecule has 27 heteroatoms. The highest BCUT2D eigenvalue weighted by atomic mass is 32.2. The Balaban J connectivity index is 0.908. The number of carboxylic acids is 1. The van der Waals surface area contributed by atoms with Gasteiger partial charge in [0.2, 0.25) is 0 Å². The minimum atomic E-state index is -2.91. The number of ether oxygens (including phenoxy) is 9. The van der Waals surface area contributed by atoms with Gasteiger partial charge in [0.1, 0.15) is 6.10 Å². The van der Waals surface area contributed by atoms with Crippen LogP contribution in [-0.4, -0.2) is 255 Å². The number of carboxylic acid groups (broad SMARTS) is 1. The van der Waals surface area contributed by atoms with E-state index in [0.717, 1.165) is 11.4 Å². The van der Waals surface area contributed by atoms with E-state index in [9.17, 15) is 26.7 Å². The minimum Gasteiger partial charge on any atom is -0.479 e. The van der Waals surface area contributed by atoms with Gasteiger partial charge >= 0.3 is 5.97 Å². The van der Waals surface area contributed by atoms with Gasteiger partial charge in [-0.25, -0.2) is 31.0 Å². The number of aliphatic carboxylic acids is 1. The van der Waals surface area contributed by atoms with Gasteiger partial charge in [-0.3, -0.25) is 9.80 Å². The molecule has 3 N–H and O–H groups in total. The Kier molecular flexibility index (Phi) is 26.3. The lowest BCUT2D eigenvalue weighted by Gasteiger charge is -2.27. The first-order valence-electron chi connectivity index (χ1n) is 21.9. The predicted molar refractivity (Wildman–Crippen MR) is 233 cm³/mol. The number of carbonyl (C=O) groups is 1. The molecule has 2 aromatic rings. The molecule has 0 aromatic carbocycles. The Labute approximate surface area is 381 Å². The molecule has 2 aromatic heterocycles. The fourth-order valence-corrected chi connectivity index (χ4v) is 8.99. The number of methoxy groups -OCH3 is 2. The molecule has 374 valence electrons. The van der Waals surface area contributed by atoms with Crippen molar-refractivity contribution in [3.8, 4) is 0 Å². The smallest absolute Gasteiger partial charge is 0.335 e. The normalized spacial score (nSPS) is 18.2. The molecule has 2 aliphatic rings. The van der Waals surface area contributed by atoms with Crippen LogP contribution in [0.25, 0.3) is 0 Å². The molecule has 2 fully saturated rings. The Morgan fingerprint density at radius 1 is 0.615 bits per heavy atom. The Bertz CT molecular complexity index is 1780. The number of rotatable bonds is 38. The summed E-state index contributed by atoms with van der Waals surface area (Å²) in [6, 6.07) is 0. The predicted octanol–water partition coefficient (Wildman–Crippen LogP) is -3.23. The van der Waals surface area contributed by atoms with Crippen LogP contribution in [0.4, 0.5) is 0 Å². The molecule has 0 spiro atoms. The standard InChI is InChI=1S/C38H70N10O15S2/c1-55-35(27-39-3-11-57-15-19-61-21-17-59-13-5-47-31-33(41-43-47)29-45-7-23-64(51,52)24-8-45)37(38(49)50)63-36(56-2)28-40-4-12-58-16-20-62-22-18-60-14-6-48-32-34(42-44-48)30-46-9-25-65(53,54)26-10-46/h31-32,35-37,39-40H,3-30H2,1-2H3,(H,49,50). The molecular weight excluding hydrogens is 901 g/mol. The zero-order chi connectivity index (χ0) is 46.6. The van der Waals surface area contributed by atoms with Crippen LogP contribution in [0.15, 0.2) is 12.4 Å². The maximum Gasteiger partial charge on any atom is 0.335 e. The van der Waals surface area contributed by atoms with Crippen LogP contribution in [0, 0.1) is 0 Å². The van der Waals surface area contributed by atoms with Crippen molar-refractivity contribution in [1.29, 1.82) is 0 Å². The minimum absolute atomic E-state index is 0.178. The van der Waals surface area contributed by atoms with E-state index in [0.29, 0.717) is 145 Å². The number of aromatic nitrogens is 6. The third-order valence-corrected chi connectivity index (χ3v) is 13.4. The SMILES string of the molecule is COC(CNCCOCCOCCOCCn1cc(CN2CCS(=O)(=O)CC2)nn1)OC(C(=O)O)C(CNCCOCCOCCOCCn1cc(CN2CCS(=O)(=O)CC2)nn1)OC. The van der Waals surface area contributed by atoms with Crippen LogP contribution in [0.2, 0.25) is 0 Å².